The van der Waals surface area contributed by atoms with Gasteiger partial charge in [0, 0.05) is 26.2 Å². The number of ether oxygens (including phenoxy) is 2. The molecule has 0 radical (unpaired) electrons. The van der Waals surface area contributed by atoms with Crippen LogP contribution in [-0.4, -0.2) is 63.4 Å². The highest BCUT2D eigenvalue weighted by Gasteiger charge is 2.33. The fourth-order valence-corrected chi connectivity index (χ4v) is 2.54. The third kappa shape index (κ3) is 8.98. The Labute approximate surface area is 174 Å². The molecule has 154 valence electrons. The van der Waals surface area contributed by atoms with Gasteiger partial charge < -0.3 is 20.5 Å². The lowest BCUT2D eigenvalue weighted by atomic mass is 10.2. The molecule has 1 aromatic rings. The van der Waals surface area contributed by atoms with Gasteiger partial charge in [0.2, 0.25) is 0 Å². The number of aliphatic imine (C=N–C) groups is 1. The number of para-hydroxylation sites is 1. The van der Waals surface area contributed by atoms with Crippen LogP contribution in [-0.2, 0) is 10.9 Å². The number of morpholine rings is 1. The van der Waals surface area contributed by atoms with Crippen LogP contribution in [0.4, 0.5) is 13.2 Å². The topological polar surface area (TPSA) is 72.1 Å². The van der Waals surface area contributed by atoms with Crippen molar-refractivity contribution in [2.24, 2.45) is 10.7 Å². The largest absolute Gasteiger partial charge is 0.491 e. The van der Waals surface area contributed by atoms with E-state index in [0.717, 1.165) is 45.3 Å². The van der Waals surface area contributed by atoms with Gasteiger partial charge in [-0.25, -0.2) is 0 Å². The van der Waals surface area contributed by atoms with Crippen LogP contribution in [0.1, 0.15) is 12.0 Å². The highest BCUT2D eigenvalue weighted by Crippen LogP contribution is 2.35. The summed E-state index contributed by atoms with van der Waals surface area (Å²) < 4.78 is 49.0. The monoisotopic (exact) mass is 502 g/mol. The van der Waals surface area contributed by atoms with Crippen LogP contribution in [0.25, 0.3) is 0 Å². The first-order chi connectivity index (χ1) is 12.5. The highest BCUT2D eigenvalue weighted by atomic mass is 127. The lowest BCUT2D eigenvalue weighted by Gasteiger charge is -2.26. The molecule has 0 aromatic heterocycles. The summed E-state index contributed by atoms with van der Waals surface area (Å²) in [7, 11) is 0. The number of hydrogen-bond acceptors (Lipinski definition) is 4. The average molecular weight is 502 g/mol. The smallest absolute Gasteiger partial charge is 0.419 e. The first-order valence-electron chi connectivity index (χ1n) is 8.60. The Kier molecular flexibility index (Phi) is 10.8. The van der Waals surface area contributed by atoms with Gasteiger partial charge in [-0.15, -0.1) is 24.0 Å². The van der Waals surface area contributed by atoms with Gasteiger partial charge in [0.25, 0.3) is 0 Å². The molecule has 6 nitrogen and oxygen atoms in total. The molecule has 0 amide bonds. The van der Waals surface area contributed by atoms with Crippen molar-refractivity contribution in [1.82, 2.24) is 10.2 Å². The van der Waals surface area contributed by atoms with E-state index in [2.05, 4.69) is 15.2 Å². The molecule has 1 aliphatic heterocycles. The fourth-order valence-electron chi connectivity index (χ4n) is 2.54. The quantitative estimate of drug-likeness (QED) is 0.247. The predicted molar refractivity (Wildman–Crippen MR) is 109 cm³/mol. The molecule has 0 saturated carbocycles. The zero-order valence-electron chi connectivity index (χ0n) is 15.0. The second kappa shape index (κ2) is 12.2. The summed E-state index contributed by atoms with van der Waals surface area (Å²) in [6, 6.07) is 5.12. The minimum atomic E-state index is -4.44. The number of rotatable bonds is 8. The summed E-state index contributed by atoms with van der Waals surface area (Å²) in [5, 5.41) is 2.84. The minimum Gasteiger partial charge on any atom is -0.491 e. The molecule has 1 fully saturated rings. The van der Waals surface area contributed by atoms with Gasteiger partial charge in [-0.1, -0.05) is 12.1 Å². The van der Waals surface area contributed by atoms with Crippen LogP contribution in [0.5, 0.6) is 5.75 Å². The van der Waals surface area contributed by atoms with Crippen LogP contribution >= 0.6 is 24.0 Å². The second-order valence-electron chi connectivity index (χ2n) is 5.84. The molecule has 2 rings (SSSR count). The van der Waals surface area contributed by atoms with E-state index in [1.807, 2.05) is 0 Å². The van der Waals surface area contributed by atoms with Gasteiger partial charge in [-0.05, 0) is 18.6 Å². The molecule has 0 spiro atoms. The molecule has 0 bridgehead atoms. The third-order valence-electron chi connectivity index (χ3n) is 3.88. The fraction of sp³-hybridized carbons (Fsp3) is 0.588. The summed E-state index contributed by atoms with van der Waals surface area (Å²) in [5.41, 5.74) is 4.95. The number of nitrogens with zero attached hydrogens (tertiary/aromatic N) is 2. The summed E-state index contributed by atoms with van der Waals surface area (Å²) in [6.45, 7) is 5.27. The van der Waals surface area contributed by atoms with E-state index in [-0.39, 0.29) is 48.8 Å². The van der Waals surface area contributed by atoms with Crippen molar-refractivity contribution in [3.8, 4) is 5.75 Å². The third-order valence-corrected chi connectivity index (χ3v) is 3.88. The van der Waals surface area contributed by atoms with Crippen molar-refractivity contribution >= 4 is 29.9 Å². The number of benzene rings is 1. The maximum atomic E-state index is 12.8. The molecule has 10 heteroatoms. The van der Waals surface area contributed by atoms with Gasteiger partial charge >= 0.3 is 6.18 Å². The van der Waals surface area contributed by atoms with E-state index in [0.29, 0.717) is 6.54 Å². The number of alkyl halides is 3. The Morgan fingerprint density at radius 3 is 2.67 bits per heavy atom. The van der Waals surface area contributed by atoms with Gasteiger partial charge in [0.1, 0.15) is 12.4 Å². The van der Waals surface area contributed by atoms with Crippen LogP contribution in [0.15, 0.2) is 29.3 Å². The molecule has 1 aliphatic rings. The zero-order chi connectivity index (χ0) is 18.8. The number of guanidine groups is 1. The number of halogens is 4. The Balaban J connectivity index is 0.00000364. The standard InChI is InChI=1S/C17H25F3N4O2.HI/c18-17(19,20)14-4-1-2-5-15(14)26-11-7-23-16(21)22-6-3-8-24-9-12-25-13-10-24;/h1-2,4-5H,3,6-13H2,(H3,21,22,23);1H. The van der Waals surface area contributed by atoms with Gasteiger partial charge in [0.15, 0.2) is 5.96 Å². The molecule has 27 heavy (non-hydrogen) atoms. The van der Waals surface area contributed by atoms with E-state index in [1.165, 1.54) is 18.2 Å². The van der Waals surface area contributed by atoms with Crippen molar-refractivity contribution in [2.45, 2.75) is 12.6 Å². The second-order valence-corrected chi connectivity index (χ2v) is 5.84. The van der Waals surface area contributed by atoms with E-state index in [1.54, 1.807) is 0 Å². The van der Waals surface area contributed by atoms with E-state index >= 15 is 0 Å². The van der Waals surface area contributed by atoms with Gasteiger partial charge in [-0.2, -0.15) is 13.2 Å². The SMILES string of the molecule is I.NC(=NCCCN1CCOCC1)NCCOc1ccccc1C(F)(F)F. The molecule has 1 aromatic carbocycles. The summed E-state index contributed by atoms with van der Waals surface area (Å²) in [6.07, 6.45) is -3.55. The number of nitrogens with one attached hydrogen (secondary N) is 1. The van der Waals surface area contributed by atoms with E-state index in [9.17, 15) is 13.2 Å². The number of nitrogens with two attached hydrogens (primary N) is 1. The van der Waals surface area contributed by atoms with Crippen molar-refractivity contribution in [3.63, 3.8) is 0 Å². The van der Waals surface area contributed by atoms with Crippen molar-refractivity contribution in [1.29, 1.82) is 0 Å². The van der Waals surface area contributed by atoms with Crippen molar-refractivity contribution in [2.75, 3.05) is 52.5 Å². The average Bonchev–Trinajstić information content (AvgIpc) is 2.63. The maximum Gasteiger partial charge on any atom is 0.419 e. The molecular weight excluding hydrogens is 476 g/mol. The molecule has 0 atom stereocenters. The molecule has 3 N–H and O–H groups in total. The van der Waals surface area contributed by atoms with Crippen LogP contribution in [0.3, 0.4) is 0 Å². The normalized spacial score (nSPS) is 15.9. The Bertz CT molecular complexity index is 582. The molecule has 1 heterocycles. The zero-order valence-corrected chi connectivity index (χ0v) is 17.3. The van der Waals surface area contributed by atoms with E-state index < -0.39 is 11.7 Å². The summed E-state index contributed by atoms with van der Waals surface area (Å²) >= 11 is 0. The Hall–Kier alpha value is -1.27. The predicted octanol–water partition coefficient (Wildman–Crippen LogP) is 2.33. The lowest BCUT2D eigenvalue weighted by molar-refractivity contribution is -0.138. The van der Waals surface area contributed by atoms with Gasteiger partial charge in [-0.3, -0.25) is 9.89 Å². The van der Waals surface area contributed by atoms with Crippen LogP contribution < -0.4 is 15.8 Å². The Morgan fingerprint density at radius 2 is 1.96 bits per heavy atom. The first kappa shape index (κ1) is 23.8. The summed E-state index contributed by atoms with van der Waals surface area (Å²) in [5.74, 6) is 0.0718. The van der Waals surface area contributed by atoms with Crippen molar-refractivity contribution in [3.05, 3.63) is 29.8 Å². The van der Waals surface area contributed by atoms with Crippen LogP contribution in [0, 0.1) is 0 Å². The number of hydrogen-bond donors (Lipinski definition) is 2. The Morgan fingerprint density at radius 1 is 1.26 bits per heavy atom. The first-order valence-corrected chi connectivity index (χ1v) is 8.60. The molecule has 0 aliphatic carbocycles. The minimum absolute atomic E-state index is 0. The highest BCUT2D eigenvalue weighted by molar-refractivity contribution is 14.0. The summed E-state index contributed by atoms with van der Waals surface area (Å²) in [4.78, 5) is 6.51. The van der Waals surface area contributed by atoms with E-state index in [4.69, 9.17) is 15.2 Å². The van der Waals surface area contributed by atoms with Crippen LogP contribution in [0.2, 0.25) is 0 Å². The lowest BCUT2D eigenvalue weighted by Crippen LogP contribution is -2.37. The van der Waals surface area contributed by atoms with Gasteiger partial charge in [0.05, 0.1) is 25.3 Å². The molecule has 1 saturated heterocycles. The molecule has 0 unspecified atom stereocenters. The molecular formula is C17H26F3IN4O2. The van der Waals surface area contributed by atoms with Crippen molar-refractivity contribution < 1.29 is 22.6 Å². The maximum absolute atomic E-state index is 12.8.